The van der Waals surface area contributed by atoms with Crippen molar-refractivity contribution in [1.29, 1.82) is 0 Å². The average Bonchev–Trinajstić information content (AvgIpc) is 2.50. The largest absolute Gasteiger partial charge is 0.361 e. The van der Waals surface area contributed by atoms with Crippen molar-refractivity contribution >= 4 is 0 Å². The standard InChI is InChI=1S/C12H24N2O/c1-12(2)9-15-11(13-12)8-10-6-4-5-7-14(10)3/h10-11,13H,4-9H2,1-3H3. The maximum absolute atomic E-state index is 5.78. The van der Waals surface area contributed by atoms with Gasteiger partial charge in [-0.05, 0) is 40.3 Å². The second-order valence-corrected chi connectivity index (χ2v) is 5.69. The summed E-state index contributed by atoms with van der Waals surface area (Å²) in [6, 6.07) is 0.713. The van der Waals surface area contributed by atoms with E-state index in [0.29, 0.717) is 6.04 Å². The molecular weight excluding hydrogens is 188 g/mol. The van der Waals surface area contributed by atoms with Crippen LogP contribution in [-0.4, -0.2) is 42.9 Å². The van der Waals surface area contributed by atoms with Crippen LogP contribution in [0.3, 0.4) is 0 Å². The quantitative estimate of drug-likeness (QED) is 0.752. The summed E-state index contributed by atoms with van der Waals surface area (Å²) in [5.41, 5.74) is 0.165. The lowest BCUT2D eigenvalue weighted by Gasteiger charge is -2.34. The van der Waals surface area contributed by atoms with E-state index in [2.05, 4.69) is 31.1 Å². The summed E-state index contributed by atoms with van der Waals surface area (Å²) in [6.07, 6.45) is 5.48. The molecule has 2 fully saturated rings. The van der Waals surface area contributed by atoms with Gasteiger partial charge in [0.15, 0.2) is 0 Å². The molecule has 2 saturated heterocycles. The van der Waals surface area contributed by atoms with Crippen LogP contribution in [0.4, 0.5) is 0 Å². The summed E-state index contributed by atoms with van der Waals surface area (Å²) >= 11 is 0. The first kappa shape index (κ1) is 11.4. The van der Waals surface area contributed by atoms with Crippen molar-refractivity contribution in [1.82, 2.24) is 10.2 Å². The van der Waals surface area contributed by atoms with Crippen LogP contribution in [0.15, 0.2) is 0 Å². The second kappa shape index (κ2) is 4.40. The molecule has 3 heteroatoms. The highest BCUT2D eigenvalue weighted by Gasteiger charge is 2.33. The van der Waals surface area contributed by atoms with Crippen LogP contribution >= 0.6 is 0 Å². The zero-order chi connectivity index (χ0) is 10.9. The molecule has 2 heterocycles. The third-order valence-corrected chi connectivity index (χ3v) is 3.60. The van der Waals surface area contributed by atoms with Gasteiger partial charge in [-0.25, -0.2) is 0 Å². The average molecular weight is 212 g/mol. The Morgan fingerprint density at radius 2 is 2.20 bits per heavy atom. The van der Waals surface area contributed by atoms with Gasteiger partial charge in [0.25, 0.3) is 0 Å². The topological polar surface area (TPSA) is 24.5 Å². The first-order valence-corrected chi connectivity index (χ1v) is 6.16. The fraction of sp³-hybridized carbons (Fsp3) is 1.00. The molecule has 0 amide bonds. The van der Waals surface area contributed by atoms with Crippen LogP contribution in [0.1, 0.15) is 39.5 Å². The SMILES string of the molecule is CN1CCCCC1CC1NC(C)(C)CO1. The minimum atomic E-state index is 0.165. The molecule has 0 aromatic heterocycles. The Balaban J connectivity index is 1.81. The van der Waals surface area contributed by atoms with Crippen molar-refractivity contribution in [2.24, 2.45) is 0 Å². The summed E-state index contributed by atoms with van der Waals surface area (Å²) in [5, 5.41) is 3.55. The molecule has 0 radical (unpaired) electrons. The van der Waals surface area contributed by atoms with Gasteiger partial charge in [-0.1, -0.05) is 6.42 Å². The molecule has 0 saturated carbocycles. The summed E-state index contributed by atoms with van der Waals surface area (Å²) in [6.45, 7) is 6.50. The predicted molar refractivity (Wildman–Crippen MR) is 61.8 cm³/mol. The van der Waals surface area contributed by atoms with Gasteiger partial charge in [0.05, 0.1) is 6.61 Å². The Labute approximate surface area is 93.2 Å². The molecule has 2 atom stereocenters. The van der Waals surface area contributed by atoms with Crippen LogP contribution < -0.4 is 5.32 Å². The van der Waals surface area contributed by atoms with Gasteiger partial charge in [-0.3, -0.25) is 5.32 Å². The zero-order valence-corrected chi connectivity index (χ0v) is 10.3. The first-order chi connectivity index (χ1) is 7.07. The van der Waals surface area contributed by atoms with Crippen molar-refractivity contribution < 1.29 is 4.74 Å². The highest BCUT2D eigenvalue weighted by atomic mass is 16.5. The van der Waals surface area contributed by atoms with Gasteiger partial charge in [-0.15, -0.1) is 0 Å². The van der Waals surface area contributed by atoms with Crippen molar-refractivity contribution in [2.75, 3.05) is 20.2 Å². The number of nitrogens with zero attached hydrogens (tertiary/aromatic N) is 1. The molecule has 15 heavy (non-hydrogen) atoms. The lowest BCUT2D eigenvalue weighted by molar-refractivity contribution is 0.0549. The normalized spacial score (nSPS) is 37.0. The molecule has 0 aromatic carbocycles. The minimum Gasteiger partial charge on any atom is -0.361 e. The van der Waals surface area contributed by atoms with E-state index in [4.69, 9.17) is 4.74 Å². The Morgan fingerprint density at radius 3 is 2.80 bits per heavy atom. The molecule has 2 unspecified atom stereocenters. The van der Waals surface area contributed by atoms with E-state index < -0.39 is 0 Å². The highest BCUT2D eigenvalue weighted by Crippen LogP contribution is 2.23. The van der Waals surface area contributed by atoms with E-state index >= 15 is 0 Å². The van der Waals surface area contributed by atoms with Gasteiger partial charge in [0, 0.05) is 18.0 Å². The van der Waals surface area contributed by atoms with Crippen molar-refractivity contribution in [3.05, 3.63) is 0 Å². The maximum atomic E-state index is 5.78. The van der Waals surface area contributed by atoms with Crippen LogP contribution in [0.2, 0.25) is 0 Å². The van der Waals surface area contributed by atoms with E-state index in [-0.39, 0.29) is 11.8 Å². The van der Waals surface area contributed by atoms with Crippen molar-refractivity contribution in [2.45, 2.75) is 57.3 Å². The zero-order valence-electron chi connectivity index (χ0n) is 10.3. The van der Waals surface area contributed by atoms with Gasteiger partial charge in [0.1, 0.15) is 6.23 Å². The molecule has 0 bridgehead atoms. The number of ether oxygens (including phenoxy) is 1. The van der Waals surface area contributed by atoms with Gasteiger partial charge < -0.3 is 9.64 Å². The molecule has 88 valence electrons. The summed E-state index contributed by atoms with van der Waals surface area (Å²) in [5.74, 6) is 0. The van der Waals surface area contributed by atoms with Crippen LogP contribution in [0.25, 0.3) is 0 Å². The first-order valence-electron chi connectivity index (χ1n) is 6.16. The predicted octanol–water partition coefficient (Wildman–Crippen LogP) is 1.59. The number of likely N-dealkylation sites (tertiary alicyclic amines) is 1. The molecule has 1 N–H and O–H groups in total. The number of nitrogens with one attached hydrogen (secondary N) is 1. The van der Waals surface area contributed by atoms with E-state index in [1.807, 2.05) is 0 Å². The lowest BCUT2D eigenvalue weighted by atomic mass is 9.99. The van der Waals surface area contributed by atoms with Crippen LogP contribution in [-0.2, 0) is 4.74 Å². The van der Waals surface area contributed by atoms with E-state index in [1.165, 1.54) is 25.8 Å². The maximum Gasteiger partial charge on any atom is 0.110 e. The lowest BCUT2D eigenvalue weighted by Crippen LogP contribution is -2.44. The van der Waals surface area contributed by atoms with Crippen LogP contribution in [0.5, 0.6) is 0 Å². The second-order valence-electron chi connectivity index (χ2n) is 5.69. The summed E-state index contributed by atoms with van der Waals surface area (Å²) in [7, 11) is 2.24. The van der Waals surface area contributed by atoms with E-state index in [1.54, 1.807) is 0 Å². The van der Waals surface area contributed by atoms with E-state index in [0.717, 1.165) is 13.0 Å². The Bertz CT molecular complexity index is 218. The fourth-order valence-corrected chi connectivity index (χ4v) is 2.64. The molecule has 2 aliphatic rings. The number of piperidine rings is 1. The minimum absolute atomic E-state index is 0.165. The van der Waals surface area contributed by atoms with E-state index in [9.17, 15) is 0 Å². The molecule has 3 nitrogen and oxygen atoms in total. The summed E-state index contributed by atoms with van der Waals surface area (Å²) < 4.78 is 5.78. The Hall–Kier alpha value is -0.120. The smallest absolute Gasteiger partial charge is 0.110 e. The fourth-order valence-electron chi connectivity index (χ4n) is 2.64. The monoisotopic (exact) mass is 212 g/mol. The number of rotatable bonds is 2. The summed E-state index contributed by atoms with van der Waals surface area (Å²) in [4.78, 5) is 2.49. The van der Waals surface area contributed by atoms with Gasteiger partial charge in [-0.2, -0.15) is 0 Å². The third-order valence-electron chi connectivity index (χ3n) is 3.60. The highest BCUT2D eigenvalue weighted by molar-refractivity contribution is 4.87. The Kier molecular flexibility index (Phi) is 3.33. The number of hydrogen-bond acceptors (Lipinski definition) is 3. The third kappa shape index (κ3) is 2.92. The molecule has 0 aromatic rings. The molecule has 2 aliphatic heterocycles. The van der Waals surface area contributed by atoms with Crippen LogP contribution in [0, 0.1) is 0 Å². The molecule has 0 spiro atoms. The molecule has 2 rings (SSSR count). The van der Waals surface area contributed by atoms with Crippen molar-refractivity contribution in [3.8, 4) is 0 Å². The Morgan fingerprint density at radius 1 is 1.40 bits per heavy atom. The van der Waals surface area contributed by atoms with Gasteiger partial charge >= 0.3 is 0 Å². The molecule has 0 aliphatic carbocycles. The van der Waals surface area contributed by atoms with Gasteiger partial charge in [0.2, 0.25) is 0 Å². The number of hydrogen-bond donors (Lipinski definition) is 1. The molecular formula is C12H24N2O. The van der Waals surface area contributed by atoms with Crippen molar-refractivity contribution in [3.63, 3.8) is 0 Å².